The molecule has 2 aromatic carbocycles. The quantitative estimate of drug-likeness (QED) is 0.458. The molecule has 3 heterocycles. The van der Waals surface area contributed by atoms with Crippen LogP contribution in [0.3, 0.4) is 0 Å². The Hall–Kier alpha value is -4.25. The number of aromatic nitrogens is 2. The third kappa shape index (κ3) is 5.05. The Balaban J connectivity index is 1.29. The van der Waals surface area contributed by atoms with Gasteiger partial charge in [-0.1, -0.05) is 54.2 Å². The summed E-state index contributed by atoms with van der Waals surface area (Å²) in [6, 6.07) is 17.8. The molecule has 1 aromatic heterocycles. The lowest BCUT2D eigenvalue weighted by Gasteiger charge is -2.25. The third-order valence-corrected chi connectivity index (χ3v) is 6.50. The first kappa shape index (κ1) is 23.5. The van der Waals surface area contributed by atoms with E-state index in [9.17, 15) is 14.4 Å². The number of hydrogen-bond acceptors (Lipinski definition) is 7. The van der Waals surface area contributed by atoms with Crippen molar-refractivity contribution in [3.05, 3.63) is 77.5 Å². The van der Waals surface area contributed by atoms with Crippen molar-refractivity contribution in [3.63, 3.8) is 0 Å². The Morgan fingerprint density at radius 3 is 2.64 bits per heavy atom. The van der Waals surface area contributed by atoms with Crippen LogP contribution >= 0.6 is 11.8 Å². The van der Waals surface area contributed by atoms with E-state index in [0.29, 0.717) is 34.6 Å². The van der Waals surface area contributed by atoms with Gasteiger partial charge in [0.05, 0.1) is 17.9 Å². The molecule has 0 radical (unpaired) electrons. The zero-order chi connectivity index (χ0) is 25.1. The molecule has 2 aliphatic heterocycles. The molecule has 0 spiro atoms. The van der Waals surface area contributed by atoms with E-state index in [1.54, 1.807) is 6.07 Å². The van der Waals surface area contributed by atoms with Crippen LogP contribution in [0.15, 0.2) is 70.6 Å². The van der Waals surface area contributed by atoms with Crippen LogP contribution in [-0.2, 0) is 20.9 Å². The zero-order valence-corrected chi connectivity index (χ0v) is 20.2. The monoisotopic (exact) mass is 501 g/mol. The minimum absolute atomic E-state index is 0.0200. The number of benzene rings is 2. The average molecular weight is 502 g/mol. The summed E-state index contributed by atoms with van der Waals surface area (Å²) in [5.41, 5.74) is 3.16. The number of rotatable bonds is 7. The number of fused-ring (bicyclic) bond motifs is 3. The lowest BCUT2D eigenvalue weighted by molar-refractivity contribution is -0.128. The van der Waals surface area contributed by atoms with Crippen LogP contribution in [0.5, 0.6) is 0 Å². The molecule has 0 saturated carbocycles. The van der Waals surface area contributed by atoms with Crippen molar-refractivity contribution in [2.45, 2.75) is 25.9 Å². The second-order valence-electron chi connectivity index (χ2n) is 8.29. The molecular weight excluding hydrogens is 478 g/mol. The van der Waals surface area contributed by atoms with Crippen LogP contribution in [0.1, 0.15) is 23.2 Å². The summed E-state index contributed by atoms with van der Waals surface area (Å²) in [4.78, 5) is 49.0. The maximum atomic E-state index is 13.3. The number of amidine groups is 2. The number of aliphatic imine (C=N–C) groups is 2. The molecule has 0 fully saturated rings. The number of carbonyl (C=O) groups excluding carboxylic acids is 3. The van der Waals surface area contributed by atoms with Crippen molar-refractivity contribution < 1.29 is 14.4 Å². The van der Waals surface area contributed by atoms with Crippen LogP contribution in [-0.4, -0.2) is 55.6 Å². The van der Waals surface area contributed by atoms with Crippen LogP contribution in [0.25, 0.3) is 0 Å². The second kappa shape index (κ2) is 10.2. The Morgan fingerprint density at radius 2 is 1.86 bits per heavy atom. The van der Waals surface area contributed by atoms with Crippen molar-refractivity contribution in [2.75, 3.05) is 11.1 Å². The summed E-state index contributed by atoms with van der Waals surface area (Å²) in [6.45, 7) is 2.21. The van der Waals surface area contributed by atoms with Gasteiger partial charge in [-0.15, -0.1) is 0 Å². The Labute approximate surface area is 211 Å². The van der Waals surface area contributed by atoms with E-state index >= 15 is 0 Å². The highest BCUT2D eigenvalue weighted by Crippen LogP contribution is 2.34. The van der Waals surface area contributed by atoms with Crippen LogP contribution < -0.4 is 10.6 Å². The SMILES string of the molecule is Cc1cc(NC(=O)CSC2=Nc3ccccc3C3=NC(CC(=O)NCc4ccccc4)C(=O)N23)n[nH]1. The van der Waals surface area contributed by atoms with E-state index in [1.807, 2.05) is 61.5 Å². The number of amides is 3. The molecular formula is C25H23N7O3S. The molecule has 11 heteroatoms. The molecule has 1 atom stereocenters. The minimum Gasteiger partial charge on any atom is -0.352 e. The highest BCUT2D eigenvalue weighted by atomic mass is 32.2. The van der Waals surface area contributed by atoms with Gasteiger partial charge in [-0.25, -0.2) is 9.89 Å². The highest BCUT2D eigenvalue weighted by Gasteiger charge is 2.42. The Morgan fingerprint density at radius 1 is 1.08 bits per heavy atom. The van der Waals surface area contributed by atoms with Crippen molar-refractivity contribution in [2.24, 2.45) is 9.98 Å². The van der Waals surface area contributed by atoms with Gasteiger partial charge in [0.25, 0.3) is 5.91 Å². The number of para-hydroxylation sites is 1. The van der Waals surface area contributed by atoms with E-state index < -0.39 is 6.04 Å². The maximum Gasteiger partial charge on any atom is 0.259 e. The second-order valence-corrected chi connectivity index (χ2v) is 9.24. The van der Waals surface area contributed by atoms with Crippen molar-refractivity contribution in [1.29, 1.82) is 0 Å². The summed E-state index contributed by atoms with van der Waals surface area (Å²) < 4.78 is 0. The van der Waals surface area contributed by atoms with Crippen molar-refractivity contribution in [1.82, 2.24) is 20.4 Å². The standard InChI is InChI=1S/C25H23N7O3S/c1-15-11-20(31-30-15)29-22(34)14-36-25-28-18-10-6-5-9-17(18)23-27-19(24(35)32(23)25)12-21(33)26-13-16-7-3-2-4-8-16/h2-11,19H,12-14H2,1H3,(H,26,33)(H2,29,30,31,34). The number of aryl methyl sites for hydroxylation is 1. The van der Waals surface area contributed by atoms with Gasteiger partial charge in [0.15, 0.2) is 11.0 Å². The first-order valence-electron chi connectivity index (χ1n) is 11.3. The molecule has 182 valence electrons. The number of aromatic amines is 1. The molecule has 5 rings (SSSR count). The summed E-state index contributed by atoms with van der Waals surface area (Å²) in [5.74, 6) is -0.00692. The number of thioether (sulfide) groups is 1. The van der Waals surface area contributed by atoms with Crippen molar-refractivity contribution in [3.8, 4) is 0 Å². The van der Waals surface area contributed by atoms with E-state index in [1.165, 1.54) is 4.90 Å². The summed E-state index contributed by atoms with van der Waals surface area (Å²) in [7, 11) is 0. The van der Waals surface area contributed by atoms with E-state index in [-0.39, 0.29) is 29.9 Å². The van der Waals surface area contributed by atoms with Gasteiger partial charge in [-0.05, 0) is 24.6 Å². The minimum atomic E-state index is -0.867. The number of H-pyrrole nitrogens is 1. The summed E-state index contributed by atoms with van der Waals surface area (Å²) in [5, 5.41) is 12.7. The molecule has 0 aliphatic carbocycles. The molecule has 2 aliphatic rings. The van der Waals surface area contributed by atoms with Gasteiger partial charge >= 0.3 is 0 Å². The van der Waals surface area contributed by atoms with Crippen LogP contribution in [0, 0.1) is 6.92 Å². The molecule has 0 bridgehead atoms. The van der Waals surface area contributed by atoms with Gasteiger partial charge in [-0.2, -0.15) is 5.10 Å². The fraction of sp³-hybridized carbons (Fsp3) is 0.200. The number of nitrogens with one attached hydrogen (secondary N) is 3. The summed E-state index contributed by atoms with van der Waals surface area (Å²) >= 11 is 1.13. The summed E-state index contributed by atoms with van der Waals surface area (Å²) in [6.07, 6.45) is -0.0786. The van der Waals surface area contributed by atoms with Crippen LogP contribution in [0.2, 0.25) is 0 Å². The van der Waals surface area contributed by atoms with Gasteiger partial charge in [0.2, 0.25) is 11.8 Å². The van der Waals surface area contributed by atoms with E-state index in [0.717, 1.165) is 23.0 Å². The Bertz CT molecular complexity index is 1380. The Kier molecular flexibility index (Phi) is 6.63. The third-order valence-electron chi connectivity index (χ3n) is 5.56. The molecule has 3 N–H and O–H groups in total. The number of carbonyl (C=O) groups is 3. The van der Waals surface area contributed by atoms with Gasteiger partial charge in [0, 0.05) is 23.9 Å². The fourth-order valence-corrected chi connectivity index (χ4v) is 4.67. The zero-order valence-electron chi connectivity index (χ0n) is 19.4. The molecule has 3 aromatic rings. The molecule has 10 nitrogen and oxygen atoms in total. The van der Waals surface area contributed by atoms with E-state index in [2.05, 4.69) is 30.8 Å². The molecule has 1 unspecified atom stereocenters. The molecule has 0 saturated heterocycles. The lowest BCUT2D eigenvalue weighted by Crippen LogP contribution is -2.42. The largest absolute Gasteiger partial charge is 0.352 e. The average Bonchev–Trinajstić information content (AvgIpc) is 3.44. The number of hydrogen-bond donors (Lipinski definition) is 3. The lowest BCUT2D eigenvalue weighted by atomic mass is 10.1. The predicted octanol–water partition coefficient (Wildman–Crippen LogP) is 2.76. The molecule has 36 heavy (non-hydrogen) atoms. The maximum absolute atomic E-state index is 13.3. The predicted molar refractivity (Wildman–Crippen MR) is 138 cm³/mol. The normalized spacial score (nSPS) is 16.1. The van der Waals surface area contributed by atoms with E-state index in [4.69, 9.17) is 0 Å². The van der Waals surface area contributed by atoms with Crippen molar-refractivity contribution >= 4 is 52.0 Å². The first-order valence-corrected chi connectivity index (χ1v) is 12.3. The highest BCUT2D eigenvalue weighted by molar-refractivity contribution is 8.14. The van der Waals surface area contributed by atoms with Gasteiger partial charge < -0.3 is 10.6 Å². The first-order chi connectivity index (χ1) is 17.5. The van der Waals surface area contributed by atoms with Gasteiger partial charge in [0.1, 0.15) is 11.9 Å². The van der Waals surface area contributed by atoms with Gasteiger partial charge in [-0.3, -0.25) is 24.5 Å². The topological polar surface area (TPSA) is 132 Å². The fourth-order valence-electron chi connectivity index (χ4n) is 3.87. The number of anilines is 1. The number of nitrogens with zero attached hydrogens (tertiary/aromatic N) is 4. The molecule has 3 amide bonds. The smallest absolute Gasteiger partial charge is 0.259 e. The van der Waals surface area contributed by atoms with Crippen LogP contribution in [0.4, 0.5) is 11.5 Å².